The number of carboxylic acid groups (broad SMARTS) is 1. The molecule has 0 spiro atoms. The Balaban J connectivity index is 2.46. The van der Waals surface area contributed by atoms with E-state index in [0.717, 1.165) is 0 Å². The molecule has 0 amide bonds. The highest BCUT2D eigenvalue weighted by molar-refractivity contribution is 7.89. The summed E-state index contributed by atoms with van der Waals surface area (Å²) >= 11 is 0. The Labute approximate surface area is 108 Å². The van der Waals surface area contributed by atoms with Gasteiger partial charge in [-0.2, -0.15) is 13.1 Å². The predicted octanol–water partition coefficient (Wildman–Crippen LogP) is 1.05. The van der Waals surface area contributed by atoms with E-state index in [9.17, 15) is 22.0 Å². The standard InChI is InChI=1S/C11H11F2NO4S/c12-11(13)19(17,18)14-6-8-4-2-1-3-7(8)5-9(14)10(15)16/h1-4,9,11H,5-6H2,(H,15,16). The number of hydrogen-bond acceptors (Lipinski definition) is 3. The van der Waals surface area contributed by atoms with Gasteiger partial charge in [-0.05, 0) is 11.1 Å². The van der Waals surface area contributed by atoms with Crippen molar-refractivity contribution in [3.8, 4) is 0 Å². The van der Waals surface area contributed by atoms with E-state index in [1.807, 2.05) is 0 Å². The van der Waals surface area contributed by atoms with Gasteiger partial charge in [0, 0.05) is 13.0 Å². The fourth-order valence-electron chi connectivity index (χ4n) is 2.08. The van der Waals surface area contributed by atoms with Crippen molar-refractivity contribution in [2.75, 3.05) is 0 Å². The second-order valence-electron chi connectivity index (χ2n) is 4.18. The lowest BCUT2D eigenvalue weighted by Crippen LogP contribution is -2.50. The molecule has 19 heavy (non-hydrogen) atoms. The van der Waals surface area contributed by atoms with Gasteiger partial charge in [0.1, 0.15) is 6.04 Å². The highest BCUT2D eigenvalue weighted by atomic mass is 32.2. The summed E-state index contributed by atoms with van der Waals surface area (Å²) < 4.78 is 48.6. The highest BCUT2D eigenvalue weighted by Crippen LogP contribution is 2.28. The van der Waals surface area contributed by atoms with Crippen LogP contribution in [0.2, 0.25) is 0 Å². The number of aliphatic carboxylic acids is 1. The molecule has 1 atom stereocenters. The van der Waals surface area contributed by atoms with E-state index in [1.165, 1.54) is 0 Å². The molecule has 0 fully saturated rings. The van der Waals surface area contributed by atoms with Crippen LogP contribution in [0.5, 0.6) is 0 Å². The van der Waals surface area contributed by atoms with Crippen molar-refractivity contribution < 1.29 is 27.1 Å². The molecule has 1 N–H and O–H groups in total. The Hall–Kier alpha value is -1.54. The summed E-state index contributed by atoms with van der Waals surface area (Å²) in [5.74, 6) is -5.06. The number of carbonyl (C=O) groups is 1. The minimum absolute atomic E-state index is 0.114. The largest absolute Gasteiger partial charge is 0.480 e. The first-order chi connectivity index (χ1) is 8.84. The summed E-state index contributed by atoms with van der Waals surface area (Å²) in [4.78, 5) is 11.1. The van der Waals surface area contributed by atoms with Gasteiger partial charge in [0.2, 0.25) is 0 Å². The van der Waals surface area contributed by atoms with Crippen molar-refractivity contribution >= 4 is 16.0 Å². The number of carboxylic acids is 1. The minimum atomic E-state index is -4.92. The molecule has 0 saturated heterocycles. The first-order valence-electron chi connectivity index (χ1n) is 5.42. The topological polar surface area (TPSA) is 74.7 Å². The molecular formula is C11H11F2NO4S. The van der Waals surface area contributed by atoms with Gasteiger partial charge in [-0.3, -0.25) is 4.79 Å². The van der Waals surface area contributed by atoms with Crippen LogP contribution in [0.4, 0.5) is 8.78 Å². The van der Waals surface area contributed by atoms with E-state index in [4.69, 9.17) is 5.11 Å². The second-order valence-corrected chi connectivity index (χ2v) is 6.03. The molecule has 1 aliphatic rings. The summed E-state index contributed by atoms with van der Waals surface area (Å²) in [6.45, 7) is -0.347. The summed E-state index contributed by atoms with van der Waals surface area (Å²) in [6.07, 6.45) is -0.114. The molecule has 1 aliphatic heterocycles. The third-order valence-corrected chi connectivity index (χ3v) is 4.53. The molecule has 1 aromatic rings. The third kappa shape index (κ3) is 2.45. The van der Waals surface area contributed by atoms with E-state index >= 15 is 0 Å². The van der Waals surface area contributed by atoms with Crippen LogP contribution in [0, 0.1) is 0 Å². The molecule has 0 bridgehead atoms. The summed E-state index contributed by atoms with van der Waals surface area (Å²) in [5, 5.41) is 9.03. The molecule has 0 aliphatic carbocycles. The molecule has 5 nitrogen and oxygen atoms in total. The number of nitrogens with zero attached hydrogens (tertiary/aromatic N) is 1. The summed E-state index contributed by atoms with van der Waals surface area (Å²) in [7, 11) is -4.92. The van der Waals surface area contributed by atoms with Crippen LogP contribution in [0.15, 0.2) is 24.3 Å². The van der Waals surface area contributed by atoms with Gasteiger partial charge in [-0.1, -0.05) is 24.3 Å². The first-order valence-corrected chi connectivity index (χ1v) is 6.92. The zero-order chi connectivity index (χ0) is 14.2. The minimum Gasteiger partial charge on any atom is -0.480 e. The molecule has 104 valence electrons. The van der Waals surface area contributed by atoms with E-state index in [-0.39, 0.29) is 13.0 Å². The maximum Gasteiger partial charge on any atom is 0.350 e. The van der Waals surface area contributed by atoms with Crippen LogP contribution in [0.25, 0.3) is 0 Å². The normalized spacial score (nSPS) is 20.3. The van der Waals surface area contributed by atoms with Gasteiger partial charge in [-0.25, -0.2) is 8.42 Å². The van der Waals surface area contributed by atoms with Gasteiger partial charge >= 0.3 is 11.7 Å². The quantitative estimate of drug-likeness (QED) is 0.903. The molecule has 2 rings (SSSR count). The van der Waals surface area contributed by atoms with Crippen LogP contribution in [-0.2, 0) is 27.8 Å². The fraction of sp³-hybridized carbons (Fsp3) is 0.364. The van der Waals surface area contributed by atoms with Crippen molar-refractivity contribution in [2.45, 2.75) is 24.8 Å². The predicted molar refractivity (Wildman–Crippen MR) is 62.0 cm³/mol. The summed E-state index contributed by atoms with van der Waals surface area (Å²) in [6, 6.07) is 5.11. The van der Waals surface area contributed by atoms with Gasteiger partial charge in [0.25, 0.3) is 10.0 Å². The van der Waals surface area contributed by atoms with Crippen molar-refractivity contribution in [3.63, 3.8) is 0 Å². The SMILES string of the molecule is O=C(O)C1Cc2ccccc2CN1S(=O)(=O)C(F)F. The van der Waals surface area contributed by atoms with Crippen molar-refractivity contribution in [1.29, 1.82) is 0 Å². The highest BCUT2D eigenvalue weighted by Gasteiger charge is 2.43. The lowest BCUT2D eigenvalue weighted by Gasteiger charge is -2.32. The van der Waals surface area contributed by atoms with E-state index in [1.54, 1.807) is 24.3 Å². The van der Waals surface area contributed by atoms with Crippen LogP contribution in [0.3, 0.4) is 0 Å². The Morgan fingerprint density at radius 1 is 1.32 bits per heavy atom. The van der Waals surface area contributed by atoms with Gasteiger partial charge in [0.05, 0.1) is 0 Å². The van der Waals surface area contributed by atoms with Gasteiger partial charge in [0.15, 0.2) is 0 Å². The number of sulfonamides is 1. The van der Waals surface area contributed by atoms with Crippen LogP contribution < -0.4 is 0 Å². The molecule has 0 saturated carbocycles. The first kappa shape index (κ1) is 13.9. The molecule has 0 radical (unpaired) electrons. The number of alkyl halides is 2. The van der Waals surface area contributed by atoms with Gasteiger partial charge < -0.3 is 5.11 Å². The second kappa shape index (κ2) is 4.86. The van der Waals surface area contributed by atoms with E-state index in [0.29, 0.717) is 15.4 Å². The monoisotopic (exact) mass is 291 g/mol. The molecule has 1 aromatic carbocycles. The van der Waals surface area contributed by atoms with Crippen LogP contribution >= 0.6 is 0 Å². The third-order valence-electron chi connectivity index (χ3n) is 3.04. The molecule has 1 unspecified atom stereocenters. The molecule has 0 aromatic heterocycles. The zero-order valence-electron chi connectivity index (χ0n) is 9.66. The lowest BCUT2D eigenvalue weighted by molar-refractivity contribution is -0.141. The maximum absolute atomic E-state index is 12.6. The Kier molecular flexibility index (Phi) is 3.55. The van der Waals surface area contributed by atoms with Gasteiger partial charge in [-0.15, -0.1) is 0 Å². The Bertz CT molecular complexity index is 602. The lowest BCUT2D eigenvalue weighted by atomic mass is 9.96. The van der Waals surface area contributed by atoms with Crippen LogP contribution in [0.1, 0.15) is 11.1 Å². The number of fused-ring (bicyclic) bond motifs is 1. The van der Waals surface area contributed by atoms with E-state index in [2.05, 4.69) is 0 Å². The average molecular weight is 291 g/mol. The van der Waals surface area contributed by atoms with Crippen LogP contribution in [-0.4, -0.2) is 35.6 Å². The smallest absolute Gasteiger partial charge is 0.350 e. The Morgan fingerprint density at radius 3 is 2.42 bits per heavy atom. The average Bonchev–Trinajstić information content (AvgIpc) is 2.36. The van der Waals surface area contributed by atoms with Crippen molar-refractivity contribution in [3.05, 3.63) is 35.4 Å². The van der Waals surface area contributed by atoms with E-state index < -0.39 is 27.8 Å². The van der Waals surface area contributed by atoms with Crippen molar-refractivity contribution in [1.82, 2.24) is 4.31 Å². The molecular weight excluding hydrogens is 280 g/mol. The zero-order valence-corrected chi connectivity index (χ0v) is 10.5. The van der Waals surface area contributed by atoms with Crippen molar-refractivity contribution in [2.24, 2.45) is 0 Å². The maximum atomic E-state index is 12.6. The number of benzene rings is 1. The number of halogens is 2. The Morgan fingerprint density at radius 2 is 1.89 bits per heavy atom. The number of rotatable bonds is 3. The number of hydrogen-bond donors (Lipinski definition) is 1. The fourth-order valence-corrected chi connectivity index (χ4v) is 3.12. The molecule has 1 heterocycles. The summed E-state index contributed by atoms with van der Waals surface area (Å²) in [5.41, 5.74) is 1.21. The molecule has 8 heteroatoms.